The first-order chi connectivity index (χ1) is 12.8. The number of nitrogens with one attached hydrogen (secondary N) is 1. The molecule has 1 amide bonds. The average molecular weight is 388 g/mol. The molecule has 1 unspecified atom stereocenters. The maximum Gasteiger partial charge on any atom is 0.252 e. The van der Waals surface area contributed by atoms with Crippen molar-refractivity contribution in [2.24, 2.45) is 0 Å². The highest BCUT2D eigenvalue weighted by atomic mass is 32.2. The highest BCUT2D eigenvalue weighted by Crippen LogP contribution is 2.18. The summed E-state index contributed by atoms with van der Waals surface area (Å²) in [5.41, 5.74) is 2.70. The van der Waals surface area contributed by atoms with Crippen LogP contribution in [0.3, 0.4) is 0 Å². The molecule has 2 aromatic rings. The normalized spacial score (nSPS) is 15.8. The lowest BCUT2D eigenvalue weighted by atomic mass is 10.00. The first kappa shape index (κ1) is 19.5. The second-order valence-electron chi connectivity index (χ2n) is 6.89. The minimum Gasteiger partial charge on any atom is -0.390 e. The number of nitrogens with zero attached hydrogens (tertiary/aromatic N) is 1. The fraction of sp³-hybridized carbons (Fsp3) is 0.350. The van der Waals surface area contributed by atoms with Gasteiger partial charge in [0.05, 0.1) is 16.6 Å². The van der Waals surface area contributed by atoms with Crippen molar-refractivity contribution in [1.82, 2.24) is 10.2 Å². The summed E-state index contributed by atoms with van der Waals surface area (Å²) < 4.78 is 23.6. The Hall–Kier alpha value is -2.22. The summed E-state index contributed by atoms with van der Waals surface area (Å²) in [7, 11) is -3.50. The number of aliphatic hydroxyl groups excluding tert-OH is 1. The molecule has 1 atom stereocenters. The van der Waals surface area contributed by atoms with Gasteiger partial charge in [0.25, 0.3) is 5.91 Å². The molecular weight excluding hydrogens is 364 g/mol. The molecule has 0 radical (unpaired) electrons. The molecule has 3 rings (SSSR count). The standard InChI is InChI=1S/C20H24N2O4S/c1-27(25,26)19-9-5-4-8-18(19)20(24)21-12-17(23)14-22-11-10-15-6-2-3-7-16(15)13-22/h2-9,17,23H,10-14H2,1H3,(H,21,24). The van der Waals surface area contributed by atoms with E-state index in [1.54, 1.807) is 12.1 Å². The largest absolute Gasteiger partial charge is 0.390 e. The van der Waals surface area contributed by atoms with Crippen LogP contribution in [0.2, 0.25) is 0 Å². The van der Waals surface area contributed by atoms with E-state index >= 15 is 0 Å². The maximum atomic E-state index is 12.4. The summed E-state index contributed by atoms with van der Waals surface area (Å²) in [5.74, 6) is -0.501. The van der Waals surface area contributed by atoms with E-state index < -0.39 is 21.8 Å². The van der Waals surface area contributed by atoms with Gasteiger partial charge in [-0.15, -0.1) is 0 Å². The van der Waals surface area contributed by atoms with E-state index in [1.807, 2.05) is 12.1 Å². The van der Waals surface area contributed by atoms with Crippen molar-refractivity contribution in [2.45, 2.75) is 24.0 Å². The number of β-amino-alcohol motifs (C(OH)–C–C–N with tert-alkyl or cyclic N) is 1. The molecule has 0 aliphatic carbocycles. The van der Waals surface area contributed by atoms with Crippen LogP contribution in [0.15, 0.2) is 53.4 Å². The SMILES string of the molecule is CS(=O)(=O)c1ccccc1C(=O)NCC(O)CN1CCc2ccccc2C1. The van der Waals surface area contributed by atoms with Gasteiger partial charge in [-0.3, -0.25) is 9.69 Å². The number of fused-ring (bicyclic) bond motifs is 1. The number of amides is 1. The van der Waals surface area contributed by atoms with E-state index in [9.17, 15) is 18.3 Å². The minimum absolute atomic E-state index is 0.00960. The van der Waals surface area contributed by atoms with Crippen LogP contribution in [-0.4, -0.2) is 56.3 Å². The van der Waals surface area contributed by atoms with Crippen molar-refractivity contribution in [3.63, 3.8) is 0 Å². The number of rotatable bonds is 6. The van der Waals surface area contributed by atoms with Crippen molar-refractivity contribution in [2.75, 3.05) is 25.9 Å². The van der Waals surface area contributed by atoms with Gasteiger partial charge in [0.1, 0.15) is 0 Å². The van der Waals surface area contributed by atoms with Crippen LogP contribution in [0, 0.1) is 0 Å². The minimum atomic E-state index is -3.50. The van der Waals surface area contributed by atoms with Crippen LogP contribution < -0.4 is 5.32 Å². The van der Waals surface area contributed by atoms with Gasteiger partial charge < -0.3 is 10.4 Å². The number of carbonyl (C=O) groups excluding carboxylic acids is 1. The second-order valence-corrected chi connectivity index (χ2v) is 8.87. The molecule has 144 valence electrons. The predicted molar refractivity (Wildman–Crippen MR) is 103 cm³/mol. The predicted octanol–water partition coefficient (Wildman–Crippen LogP) is 1.24. The van der Waals surface area contributed by atoms with E-state index in [0.29, 0.717) is 6.54 Å². The highest BCUT2D eigenvalue weighted by molar-refractivity contribution is 7.90. The molecule has 0 bridgehead atoms. The molecule has 7 heteroatoms. The third-order valence-corrected chi connectivity index (χ3v) is 5.86. The molecular formula is C20H24N2O4S. The highest BCUT2D eigenvalue weighted by Gasteiger charge is 2.21. The Morgan fingerprint density at radius 1 is 1.15 bits per heavy atom. The lowest BCUT2D eigenvalue weighted by Gasteiger charge is -2.30. The summed E-state index contributed by atoms with van der Waals surface area (Å²) >= 11 is 0. The van der Waals surface area contributed by atoms with Gasteiger partial charge in [0, 0.05) is 32.4 Å². The lowest BCUT2D eigenvalue weighted by Crippen LogP contribution is -2.42. The van der Waals surface area contributed by atoms with E-state index in [0.717, 1.165) is 25.8 Å². The molecule has 6 nitrogen and oxygen atoms in total. The molecule has 1 aliphatic heterocycles. The topological polar surface area (TPSA) is 86.7 Å². The number of carbonyl (C=O) groups is 1. The smallest absolute Gasteiger partial charge is 0.252 e. The lowest BCUT2D eigenvalue weighted by molar-refractivity contribution is 0.0839. The second kappa shape index (κ2) is 8.21. The van der Waals surface area contributed by atoms with Crippen LogP contribution in [0.25, 0.3) is 0 Å². The Morgan fingerprint density at radius 3 is 2.56 bits per heavy atom. The first-order valence-corrected chi connectivity index (χ1v) is 10.8. The van der Waals surface area contributed by atoms with Crippen LogP contribution in [-0.2, 0) is 22.8 Å². The van der Waals surface area contributed by atoms with Crippen LogP contribution in [0.4, 0.5) is 0 Å². The quantitative estimate of drug-likeness (QED) is 0.778. The number of sulfone groups is 1. The fourth-order valence-corrected chi connectivity index (χ4v) is 4.24. The molecule has 0 fully saturated rings. The Kier molecular flexibility index (Phi) is 5.94. The van der Waals surface area contributed by atoms with Crippen molar-refractivity contribution in [1.29, 1.82) is 0 Å². The van der Waals surface area contributed by atoms with E-state index in [-0.39, 0.29) is 17.0 Å². The Balaban J connectivity index is 1.56. The first-order valence-electron chi connectivity index (χ1n) is 8.89. The molecule has 0 saturated heterocycles. The maximum absolute atomic E-state index is 12.4. The molecule has 2 N–H and O–H groups in total. The van der Waals surface area contributed by atoms with Gasteiger partial charge in [-0.25, -0.2) is 8.42 Å². The molecule has 1 aliphatic rings. The number of aliphatic hydroxyl groups is 1. The van der Waals surface area contributed by atoms with Gasteiger partial charge in [0.15, 0.2) is 9.84 Å². The molecule has 27 heavy (non-hydrogen) atoms. The molecule has 2 aromatic carbocycles. The summed E-state index contributed by atoms with van der Waals surface area (Å²) in [6.45, 7) is 2.15. The summed E-state index contributed by atoms with van der Waals surface area (Å²) in [5, 5.41) is 12.9. The van der Waals surface area contributed by atoms with Crippen molar-refractivity contribution in [3.8, 4) is 0 Å². The van der Waals surface area contributed by atoms with E-state index in [1.165, 1.54) is 23.3 Å². The Labute approximate surface area is 159 Å². The number of benzene rings is 2. The third-order valence-electron chi connectivity index (χ3n) is 4.71. The van der Waals surface area contributed by atoms with Gasteiger partial charge >= 0.3 is 0 Å². The molecule has 0 aromatic heterocycles. The van der Waals surface area contributed by atoms with Gasteiger partial charge in [0.2, 0.25) is 0 Å². The monoisotopic (exact) mass is 388 g/mol. The van der Waals surface area contributed by atoms with Gasteiger partial charge in [-0.2, -0.15) is 0 Å². The molecule has 0 saturated carbocycles. The number of hydrogen-bond donors (Lipinski definition) is 2. The van der Waals surface area contributed by atoms with Crippen LogP contribution in [0.5, 0.6) is 0 Å². The van der Waals surface area contributed by atoms with E-state index in [4.69, 9.17) is 0 Å². The van der Waals surface area contributed by atoms with Gasteiger partial charge in [-0.05, 0) is 29.7 Å². The summed E-state index contributed by atoms with van der Waals surface area (Å²) in [6, 6.07) is 14.3. The van der Waals surface area contributed by atoms with Crippen LogP contribution in [0.1, 0.15) is 21.5 Å². The Bertz CT molecular complexity index is 927. The van der Waals surface area contributed by atoms with Gasteiger partial charge in [-0.1, -0.05) is 36.4 Å². The van der Waals surface area contributed by atoms with Crippen molar-refractivity contribution in [3.05, 3.63) is 65.2 Å². The van der Waals surface area contributed by atoms with Crippen molar-refractivity contribution < 1.29 is 18.3 Å². The van der Waals surface area contributed by atoms with Crippen molar-refractivity contribution >= 4 is 15.7 Å². The Morgan fingerprint density at radius 2 is 1.81 bits per heavy atom. The zero-order valence-electron chi connectivity index (χ0n) is 15.3. The summed E-state index contributed by atoms with van der Waals surface area (Å²) in [4.78, 5) is 14.5. The third kappa shape index (κ3) is 4.94. The molecule has 0 spiro atoms. The van der Waals surface area contributed by atoms with E-state index in [2.05, 4.69) is 22.3 Å². The number of hydrogen-bond acceptors (Lipinski definition) is 5. The fourth-order valence-electron chi connectivity index (χ4n) is 3.36. The summed E-state index contributed by atoms with van der Waals surface area (Å²) in [6.07, 6.45) is 1.28. The molecule has 1 heterocycles. The average Bonchev–Trinajstić information content (AvgIpc) is 2.65. The zero-order chi connectivity index (χ0) is 19.4. The van der Waals surface area contributed by atoms with Crippen LogP contribution >= 0.6 is 0 Å². The zero-order valence-corrected chi connectivity index (χ0v) is 16.1.